The molecule has 0 unspecified atom stereocenters. The van der Waals surface area contributed by atoms with Gasteiger partial charge in [0.05, 0.1) is 27.8 Å². The fourth-order valence-corrected chi connectivity index (χ4v) is 9.10. The molecular formula is C57H37N5. The average molecular weight is 792 g/mol. The second-order valence-corrected chi connectivity index (χ2v) is 15.6. The predicted molar refractivity (Wildman–Crippen MR) is 256 cm³/mol. The van der Waals surface area contributed by atoms with Crippen LogP contribution in [0.25, 0.3) is 111 Å². The summed E-state index contributed by atoms with van der Waals surface area (Å²) in [4.78, 5) is 15.9. The molecule has 0 radical (unpaired) electrons. The van der Waals surface area contributed by atoms with E-state index in [1.54, 1.807) is 0 Å². The molecule has 0 fully saturated rings. The molecule has 0 saturated heterocycles. The van der Waals surface area contributed by atoms with Crippen LogP contribution in [0.5, 0.6) is 0 Å². The highest BCUT2D eigenvalue weighted by Crippen LogP contribution is 2.44. The molecule has 0 bridgehead atoms. The number of benzene rings is 9. The van der Waals surface area contributed by atoms with Gasteiger partial charge in [-0.1, -0.05) is 200 Å². The third kappa shape index (κ3) is 5.90. The lowest BCUT2D eigenvalue weighted by atomic mass is 9.97. The second-order valence-electron chi connectivity index (χ2n) is 15.6. The third-order valence-corrected chi connectivity index (χ3v) is 12.0. The van der Waals surface area contributed by atoms with E-state index in [0.29, 0.717) is 17.6 Å². The molecule has 3 heterocycles. The molecule has 12 aromatic rings. The first-order valence-electron chi connectivity index (χ1n) is 21.0. The van der Waals surface area contributed by atoms with Gasteiger partial charge < -0.3 is 4.57 Å². The van der Waals surface area contributed by atoms with Crippen molar-refractivity contribution in [2.45, 2.75) is 0 Å². The number of rotatable bonds is 7. The maximum Gasteiger partial charge on any atom is 0.238 e. The fraction of sp³-hybridized carbons (Fsp3) is 0. The van der Waals surface area contributed by atoms with Crippen molar-refractivity contribution in [1.82, 2.24) is 24.1 Å². The Morgan fingerprint density at radius 3 is 1.26 bits per heavy atom. The highest BCUT2D eigenvalue weighted by Gasteiger charge is 2.24. The van der Waals surface area contributed by atoms with Crippen LogP contribution in [-0.2, 0) is 0 Å². The van der Waals surface area contributed by atoms with Crippen molar-refractivity contribution in [3.63, 3.8) is 0 Å². The minimum absolute atomic E-state index is 0.555. The zero-order valence-electron chi connectivity index (χ0n) is 33.6. The Kier molecular flexibility index (Phi) is 8.42. The van der Waals surface area contributed by atoms with E-state index in [4.69, 9.17) is 15.0 Å². The van der Waals surface area contributed by atoms with Crippen LogP contribution in [0.4, 0.5) is 0 Å². The van der Waals surface area contributed by atoms with Gasteiger partial charge in [-0.15, -0.1) is 0 Å². The van der Waals surface area contributed by atoms with Crippen molar-refractivity contribution in [3.8, 4) is 67.8 Å². The van der Waals surface area contributed by atoms with Crippen molar-refractivity contribution in [2.75, 3.05) is 0 Å². The molecule has 9 aromatic carbocycles. The molecule has 290 valence electrons. The summed E-state index contributed by atoms with van der Waals surface area (Å²) < 4.78 is 4.72. The Morgan fingerprint density at radius 1 is 0.274 bits per heavy atom. The van der Waals surface area contributed by atoms with Crippen molar-refractivity contribution in [3.05, 3.63) is 224 Å². The molecule has 0 saturated carbocycles. The van der Waals surface area contributed by atoms with Crippen LogP contribution in [0.1, 0.15) is 0 Å². The molecule has 0 atom stereocenters. The van der Waals surface area contributed by atoms with Crippen LogP contribution in [0, 0.1) is 0 Å². The van der Waals surface area contributed by atoms with Crippen LogP contribution >= 0.6 is 0 Å². The Hall–Kier alpha value is -8.41. The molecule has 0 spiro atoms. The number of nitrogens with zero attached hydrogens (tertiary/aromatic N) is 5. The summed E-state index contributed by atoms with van der Waals surface area (Å²) in [6, 6.07) is 79.3. The smallest absolute Gasteiger partial charge is 0.238 e. The Morgan fingerprint density at radius 2 is 0.677 bits per heavy atom. The van der Waals surface area contributed by atoms with E-state index in [1.807, 2.05) is 24.3 Å². The van der Waals surface area contributed by atoms with Gasteiger partial charge in [0.2, 0.25) is 5.95 Å². The van der Waals surface area contributed by atoms with E-state index >= 15 is 0 Å². The molecule has 0 aliphatic rings. The second kappa shape index (κ2) is 14.7. The Bertz CT molecular complexity index is 3590. The van der Waals surface area contributed by atoms with Gasteiger partial charge in [-0.05, 0) is 52.1 Å². The number of para-hydroxylation sites is 2. The van der Waals surface area contributed by atoms with Gasteiger partial charge in [0.1, 0.15) is 0 Å². The molecular weight excluding hydrogens is 755 g/mol. The summed E-state index contributed by atoms with van der Waals surface area (Å²) in [5.74, 6) is 1.77. The first-order valence-corrected chi connectivity index (χ1v) is 21.0. The van der Waals surface area contributed by atoms with Gasteiger partial charge in [-0.2, -0.15) is 9.97 Å². The number of fused-ring (bicyclic) bond motifs is 7. The summed E-state index contributed by atoms with van der Waals surface area (Å²) in [5, 5.41) is 4.57. The van der Waals surface area contributed by atoms with Crippen molar-refractivity contribution in [1.29, 1.82) is 0 Å². The van der Waals surface area contributed by atoms with E-state index in [-0.39, 0.29) is 0 Å². The quantitative estimate of drug-likeness (QED) is 0.162. The van der Waals surface area contributed by atoms with Crippen LogP contribution in [-0.4, -0.2) is 24.1 Å². The van der Waals surface area contributed by atoms with E-state index in [2.05, 4.69) is 209 Å². The zero-order valence-corrected chi connectivity index (χ0v) is 33.6. The molecule has 5 heteroatoms. The predicted octanol–water partition coefficient (Wildman–Crippen LogP) is 14.4. The molecule has 3 aromatic heterocycles. The largest absolute Gasteiger partial charge is 0.307 e. The van der Waals surface area contributed by atoms with E-state index in [0.717, 1.165) is 82.9 Å². The van der Waals surface area contributed by atoms with E-state index < -0.39 is 0 Å². The minimum Gasteiger partial charge on any atom is -0.307 e. The molecule has 12 rings (SSSR count). The summed E-state index contributed by atoms with van der Waals surface area (Å²) in [7, 11) is 0. The molecule has 0 aliphatic heterocycles. The highest BCUT2D eigenvalue weighted by atomic mass is 15.2. The first kappa shape index (κ1) is 35.5. The van der Waals surface area contributed by atoms with Gasteiger partial charge in [0.15, 0.2) is 11.6 Å². The lowest BCUT2D eigenvalue weighted by Crippen LogP contribution is -2.07. The number of hydrogen-bond donors (Lipinski definition) is 0. The normalized spacial score (nSPS) is 11.5. The van der Waals surface area contributed by atoms with Gasteiger partial charge in [0, 0.05) is 38.2 Å². The summed E-state index contributed by atoms with van der Waals surface area (Å²) in [6.07, 6.45) is 0. The summed E-state index contributed by atoms with van der Waals surface area (Å²) in [5.41, 5.74) is 14.1. The third-order valence-electron chi connectivity index (χ3n) is 12.0. The monoisotopic (exact) mass is 791 g/mol. The van der Waals surface area contributed by atoms with Crippen LogP contribution in [0.15, 0.2) is 224 Å². The first-order chi connectivity index (χ1) is 30.8. The van der Waals surface area contributed by atoms with Gasteiger partial charge >= 0.3 is 0 Å². The van der Waals surface area contributed by atoms with E-state index in [9.17, 15) is 0 Å². The fourth-order valence-electron chi connectivity index (χ4n) is 9.10. The summed E-state index contributed by atoms with van der Waals surface area (Å²) >= 11 is 0. The SMILES string of the molecule is c1ccc(-c2ccc(-c3nc(-c4ccccc4)nc(-n4c5ccccc5c5ccc6c7ccccc7n(-c7ccc(-c8ccccc8)cc7-c7ccccc7)c6c54)n3)cc2)cc1. The van der Waals surface area contributed by atoms with Gasteiger partial charge in [0.25, 0.3) is 0 Å². The Balaban J connectivity index is 1.18. The van der Waals surface area contributed by atoms with Gasteiger partial charge in [-0.25, -0.2) is 4.98 Å². The standard InChI is InChI=1S/C57H37N5/c1-5-17-38(18-6-1)40-29-31-43(32-30-40)56-58-55(42-23-11-4-12-24-42)59-57(60-56)62-51-28-16-14-26-46(51)48-35-34-47-45-25-13-15-27-50(45)61(53(47)54(48)62)52-36-33-44(39-19-7-2-8-20-39)37-49(52)41-21-9-3-10-22-41/h1-37H. The zero-order chi connectivity index (χ0) is 41.0. The van der Waals surface area contributed by atoms with Crippen molar-refractivity contribution in [2.24, 2.45) is 0 Å². The number of hydrogen-bond acceptors (Lipinski definition) is 3. The molecule has 0 aliphatic carbocycles. The van der Waals surface area contributed by atoms with Crippen LogP contribution in [0.3, 0.4) is 0 Å². The van der Waals surface area contributed by atoms with Crippen molar-refractivity contribution >= 4 is 43.6 Å². The topological polar surface area (TPSA) is 48.5 Å². The van der Waals surface area contributed by atoms with Crippen LogP contribution in [0.2, 0.25) is 0 Å². The highest BCUT2D eigenvalue weighted by molar-refractivity contribution is 6.24. The maximum atomic E-state index is 5.38. The van der Waals surface area contributed by atoms with Gasteiger partial charge in [-0.3, -0.25) is 4.57 Å². The van der Waals surface area contributed by atoms with Crippen molar-refractivity contribution < 1.29 is 0 Å². The minimum atomic E-state index is 0.555. The molecule has 5 nitrogen and oxygen atoms in total. The summed E-state index contributed by atoms with van der Waals surface area (Å²) in [6.45, 7) is 0. The Labute approximate surface area is 358 Å². The molecule has 0 N–H and O–H groups in total. The number of aromatic nitrogens is 5. The molecule has 62 heavy (non-hydrogen) atoms. The maximum absolute atomic E-state index is 5.38. The van der Waals surface area contributed by atoms with Crippen LogP contribution < -0.4 is 0 Å². The average Bonchev–Trinajstić information content (AvgIpc) is 3.88. The lowest BCUT2D eigenvalue weighted by molar-refractivity contribution is 0.953. The lowest BCUT2D eigenvalue weighted by Gasteiger charge is -2.17. The molecule has 0 amide bonds. The van der Waals surface area contributed by atoms with E-state index in [1.165, 1.54) is 10.9 Å².